The summed E-state index contributed by atoms with van der Waals surface area (Å²) in [7, 11) is 0. The summed E-state index contributed by atoms with van der Waals surface area (Å²) >= 11 is 11.2. The molecule has 0 unspecified atom stereocenters. The van der Waals surface area contributed by atoms with Crippen molar-refractivity contribution in [2.24, 2.45) is 0 Å². The lowest BCUT2D eigenvalue weighted by Gasteiger charge is -2.11. The van der Waals surface area contributed by atoms with Gasteiger partial charge in [-0.3, -0.25) is 0 Å². The molecule has 94 valence electrons. The van der Waals surface area contributed by atoms with Gasteiger partial charge in [0, 0.05) is 5.88 Å². The number of nitrogens with zero attached hydrogens (tertiary/aromatic N) is 1. The van der Waals surface area contributed by atoms with Crippen LogP contribution >= 0.6 is 23.2 Å². The summed E-state index contributed by atoms with van der Waals surface area (Å²) in [6.45, 7) is 1.65. The molecule has 0 spiro atoms. The van der Waals surface area contributed by atoms with Gasteiger partial charge in [-0.15, -0.1) is 11.6 Å². The van der Waals surface area contributed by atoms with E-state index in [1.165, 1.54) is 6.07 Å². The zero-order chi connectivity index (χ0) is 13.0. The Morgan fingerprint density at radius 3 is 2.71 bits per heavy atom. The van der Waals surface area contributed by atoms with E-state index < -0.39 is 18.1 Å². The third-order valence-electron chi connectivity index (χ3n) is 1.93. The van der Waals surface area contributed by atoms with Gasteiger partial charge in [-0.25, -0.2) is 18.6 Å². The first-order valence-corrected chi connectivity index (χ1v) is 5.63. The Kier molecular flexibility index (Phi) is 5.08. The summed E-state index contributed by atoms with van der Waals surface area (Å²) in [4.78, 5) is 15.0. The molecule has 1 aromatic rings. The van der Waals surface area contributed by atoms with Crippen molar-refractivity contribution in [1.29, 1.82) is 0 Å². The molecule has 0 aliphatic carbocycles. The summed E-state index contributed by atoms with van der Waals surface area (Å²) in [5.74, 6) is -1.00. The van der Waals surface area contributed by atoms with Gasteiger partial charge in [0.2, 0.25) is 0 Å². The number of hydrogen-bond donors (Lipinski definition) is 0. The van der Waals surface area contributed by atoms with Crippen molar-refractivity contribution in [3.63, 3.8) is 0 Å². The van der Waals surface area contributed by atoms with Crippen LogP contribution in [0.5, 0.6) is 0 Å². The predicted octanol–water partition coefficient (Wildman–Crippen LogP) is 3.59. The van der Waals surface area contributed by atoms with Crippen LogP contribution in [0.2, 0.25) is 5.15 Å². The number of hydrogen-bond acceptors (Lipinski definition) is 3. The molecule has 17 heavy (non-hydrogen) atoms. The fourth-order valence-electron chi connectivity index (χ4n) is 1.29. The maximum absolute atomic E-state index is 12.8. The van der Waals surface area contributed by atoms with Crippen LogP contribution in [0.25, 0.3) is 0 Å². The van der Waals surface area contributed by atoms with Gasteiger partial charge in [-0.2, -0.15) is 0 Å². The largest absolute Gasteiger partial charge is 0.462 e. The van der Waals surface area contributed by atoms with E-state index in [0.717, 1.165) is 0 Å². The average Bonchev–Trinajstić information content (AvgIpc) is 2.27. The van der Waals surface area contributed by atoms with Crippen molar-refractivity contribution < 1.29 is 18.3 Å². The Labute approximate surface area is 107 Å². The molecule has 0 saturated heterocycles. The molecule has 0 fully saturated rings. The van der Waals surface area contributed by atoms with Gasteiger partial charge >= 0.3 is 5.97 Å². The molecule has 0 N–H and O–H groups in total. The maximum atomic E-state index is 12.8. The lowest BCUT2D eigenvalue weighted by Crippen LogP contribution is -2.13. The minimum atomic E-state index is -2.92. The average molecular weight is 284 g/mol. The minimum absolute atomic E-state index is 0.0753. The number of esters is 1. The second kappa shape index (κ2) is 6.12. The molecule has 7 heteroatoms. The highest BCUT2D eigenvalue weighted by Crippen LogP contribution is 2.27. The van der Waals surface area contributed by atoms with Crippen molar-refractivity contribution in [2.45, 2.75) is 19.2 Å². The molecular formula is C10H9Cl2F2NO2. The van der Waals surface area contributed by atoms with Gasteiger partial charge < -0.3 is 4.74 Å². The lowest BCUT2D eigenvalue weighted by molar-refractivity contribution is 0.0512. The van der Waals surface area contributed by atoms with Crippen LogP contribution in [0, 0.1) is 0 Å². The minimum Gasteiger partial charge on any atom is -0.462 e. The first kappa shape index (κ1) is 14.1. The van der Waals surface area contributed by atoms with E-state index in [2.05, 4.69) is 9.72 Å². The van der Waals surface area contributed by atoms with E-state index >= 15 is 0 Å². The van der Waals surface area contributed by atoms with Crippen LogP contribution in [-0.2, 0) is 10.6 Å². The van der Waals surface area contributed by atoms with Gasteiger partial charge in [0.05, 0.1) is 12.2 Å². The van der Waals surface area contributed by atoms with Gasteiger partial charge in [0.1, 0.15) is 10.8 Å². The number of aromatic nitrogens is 1. The number of rotatable bonds is 4. The second-order valence-electron chi connectivity index (χ2n) is 3.02. The molecule has 3 nitrogen and oxygen atoms in total. The molecule has 0 amide bonds. The standard InChI is InChI=1S/C10H9Cl2F2NO2/c1-2-17-10(16)7-5(4-11)3-6(12)15-8(7)9(13)14/h3,9H,2,4H2,1H3. The number of ether oxygens (including phenoxy) is 1. The summed E-state index contributed by atoms with van der Waals surface area (Å²) < 4.78 is 30.2. The van der Waals surface area contributed by atoms with Crippen LogP contribution in [0.15, 0.2) is 6.07 Å². The highest BCUT2D eigenvalue weighted by atomic mass is 35.5. The Bertz CT molecular complexity index is 427. The van der Waals surface area contributed by atoms with Crippen molar-refractivity contribution in [2.75, 3.05) is 6.61 Å². The number of pyridine rings is 1. The fourth-order valence-corrected chi connectivity index (χ4v) is 1.72. The zero-order valence-corrected chi connectivity index (χ0v) is 10.4. The van der Waals surface area contributed by atoms with Crippen LogP contribution in [-0.4, -0.2) is 17.6 Å². The molecule has 1 rings (SSSR count). The van der Waals surface area contributed by atoms with Gasteiger partial charge in [0.25, 0.3) is 6.43 Å². The Morgan fingerprint density at radius 2 is 2.24 bits per heavy atom. The van der Waals surface area contributed by atoms with E-state index in [-0.39, 0.29) is 28.8 Å². The van der Waals surface area contributed by atoms with Crippen LogP contribution in [0.3, 0.4) is 0 Å². The molecule has 0 aliphatic rings. The van der Waals surface area contributed by atoms with Gasteiger partial charge in [-0.1, -0.05) is 11.6 Å². The SMILES string of the molecule is CCOC(=O)c1c(CCl)cc(Cl)nc1C(F)F. The number of carbonyl (C=O) groups is 1. The molecule has 0 bridgehead atoms. The topological polar surface area (TPSA) is 39.2 Å². The Morgan fingerprint density at radius 1 is 1.59 bits per heavy atom. The first-order chi connectivity index (χ1) is 8.01. The Hall–Kier alpha value is -0.940. The molecule has 1 heterocycles. The lowest BCUT2D eigenvalue weighted by atomic mass is 10.1. The van der Waals surface area contributed by atoms with Gasteiger partial charge in [-0.05, 0) is 18.6 Å². The van der Waals surface area contributed by atoms with Crippen molar-refractivity contribution in [1.82, 2.24) is 4.98 Å². The quantitative estimate of drug-likeness (QED) is 0.482. The number of alkyl halides is 3. The fraction of sp³-hybridized carbons (Fsp3) is 0.400. The van der Waals surface area contributed by atoms with Crippen molar-refractivity contribution in [3.8, 4) is 0 Å². The second-order valence-corrected chi connectivity index (χ2v) is 3.67. The monoisotopic (exact) mass is 283 g/mol. The summed E-state index contributed by atoms with van der Waals surface area (Å²) in [5, 5.41) is -0.135. The smallest absolute Gasteiger partial charge is 0.340 e. The highest BCUT2D eigenvalue weighted by molar-refractivity contribution is 6.29. The maximum Gasteiger partial charge on any atom is 0.340 e. The number of carbonyl (C=O) groups excluding carboxylic acids is 1. The first-order valence-electron chi connectivity index (χ1n) is 4.71. The number of halogens is 4. The van der Waals surface area contributed by atoms with Crippen molar-refractivity contribution >= 4 is 29.2 Å². The molecule has 0 radical (unpaired) electrons. The molecular weight excluding hydrogens is 275 g/mol. The molecule has 0 aliphatic heterocycles. The van der Waals surface area contributed by atoms with Crippen LogP contribution in [0.1, 0.15) is 35.0 Å². The molecule has 0 aromatic carbocycles. The Balaban J connectivity index is 3.36. The molecule has 0 saturated carbocycles. The van der Waals surface area contributed by atoms with Gasteiger partial charge in [0.15, 0.2) is 0 Å². The van der Waals surface area contributed by atoms with Crippen molar-refractivity contribution in [3.05, 3.63) is 28.0 Å². The third-order valence-corrected chi connectivity index (χ3v) is 2.41. The summed E-state index contributed by atoms with van der Waals surface area (Å²) in [6, 6.07) is 1.27. The summed E-state index contributed by atoms with van der Waals surface area (Å²) in [6.07, 6.45) is -2.92. The van der Waals surface area contributed by atoms with E-state index in [4.69, 9.17) is 23.2 Å². The highest BCUT2D eigenvalue weighted by Gasteiger charge is 2.25. The van der Waals surface area contributed by atoms with E-state index in [1.807, 2.05) is 0 Å². The molecule has 0 atom stereocenters. The predicted molar refractivity (Wildman–Crippen MR) is 59.7 cm³/mol. The van der Waals surface area contributed by atoms with E-state index in [9.17, 15) is 13.6 Å². The van der Waals surface area contributed by atoms with Crippen LogP contribution in [0.4, 0.5) is 8.78 Å². The third kappa shape index (κ3) is 3.26. The molecule has 1 aromatic heterocycles. The summed E-state index contributed by atoms with van der Waals surface area (Å²) in [5.41, 5.74) is -0.826. The van der Waals surface area contributed by atoms with E-state index in [0.29, 0.717) is 0 Å². The zero-order valence-electron chi connectivity index (χ0n) is 8.84. The van der Waals surface area contributed by atoms with Crippen LogP contribution < -0.4 is 0 Å². The van der Waals surface area contributed by atoms with E-state index in [1.54, 1.807) is 6.92 Å². The normalized spacial score (nSPS) is 10.7.